The molecule has 30 atom stereocenters. The lowest BCUT2D eigenvalue weighted by molar-refractivity contribution is -0.394. The maximum absolute atomic E-state index is 14.3. The standard InChI is InChI=1S/C76H105N3O48/c1-27(80)77-53-64(113-42(16)95)58(49(23-102-32(6)85)118-71(53)117-46(20)99)124-75-69(116-45(19)98)67(125-76-70(66(115-44(18)97)60(109-38(12)91)51(122-76)25-104-34(8)87)127-73-55(79-29(3)82)63(112-41(15)94)57(107-36(10)89)48(120-73)22-101-31(5)84)61(110-39(13)92)52(123-75)26-105-74-68(65(114-43(17)96)59(108-37(11)90)50(121-74)24-103-33(7)86)126-72-54(78-28(2)81)62(111-40(14)93)56(106-35(9)88)47(119-72)21-100-30(4)83/h47-76H,21-26H2,1-20H3,(H,77,80)(H,78,81)(H,79,82)/t47-,48-,49-,50-,51-,52-,53-,54-,55-,56-,57-,58-,59-,60-,61-,62-,63-,64-,65+,66+,67+,68+,69+,70+,71+,72+,73+,74+,75+,76-/m1/s1. The zero-order valence-electron chi connectivity index (χ0n) is 72.7. The van der Waals surface area contributed by atoms with Gasteiger partial charge in [-0.25, -0.2) is 0 Å². The summed E-state index contributed by atoms with van der Waals surface area (Å²) in [6.07, 6.45) is -58.7. The van der Waals surface area contributed by atoms with Crippen molar-refractivity contribution >= 4 is 119 Å². The SMILES string of the molecule is CC(=O)N[C@H]1[C@H](O[C@@H]2[C@@H](OC[C@H]3O[C@@H](O[C@H]4[C@H](OC(C)=O)[C@@H](NC(C)=O)[C@@H](OC(C)=O)O[C@@H]4COC(C)=O)[C@@H](OC(C)=O)[C@@H](O[C@H]4O[C@H](COC(C)=O)[C@@H](OC(C)=O)[C@H](OC(C)=O)[C@@H]4O[C@@H]4O[C@H](COC(C)=O)[C@@H](OC(C)=O)[C@H](OC(C)=O)[C@H]4NC(C)=O)[C@@H]3OC(C)=O)O[C@H](COC(C)=O)[C@@H](OC(C)=O)[C@@H]2OC(C)=O)O[C@H](COC(C)=O)[C@@H](OC(C)=O)[C@@H]1OC(C)=O. The molecule has 6 aliphatic rings. The lowest BCUT2D eigenvalue weighted by Gasteiger charge is -2.52. The summed E-state index contributed by atoms with van der Waals surface area (Å²) in [5.74, 6) is -22.2. The smallest absolute Gasteiger partial charge is 0.305 e. The highest BCUT2D eigenvalue weighted by Gasteiger charge is 2.64. The van der Waals surface area contributed by atoms with E-state index in [1.165, 1.54) is 0 Å². The molecule has 6 saturated heterocycles. The monoisotopic (exact) mass is 1830 g/mol. The van der Waals surface area contributed by atoms with Crippen LogP contribution in [-0.4, -0.2) is 343 Å². The van der Waals surface area contributed by atoms with E-state index < -0.39 is 343 Å². The first-order valence-electron chi connectivity index (χ1n) is 39.1. The Morgan fingerprint density at radius 1 is 0.181 bits per heavy atom. The summed E-state index contributed by atoms with van der Waals surface area (Å²) < 4.78 is 169. The highest BCUT2D eigenvalue weighted by atomic mass is 16.8. The maximum Gasteiger partial charge on any atom is 0.305 e. The molecular weight excluding hydrogens is 1720 g/mol. The van der Waals surface area contributed by atoms with Crippen LogP contribution in [0.1, 0.15) is 138 Å². The molecule has 0 aliphatic carbocycles. The molecule has 0 aromatic carbocycles. The summed E-state index contributed by atoms with van der Waals surface area (Å²) in [6, 6.07) is -5.79. The van der Waals surface area contributed by atoms with E-state index in [1.807, 2.05) is 0 Å². The fourth-order valence-electron chi connectivity index (χ4n) is 14.2. The Kier molecular flexibility index (Phi) is 39.8. The minimum absolute atomic E-state index is 0.775. The molecule has 0 spiro atoms. The molecule has 3 N–H and O–H groups in total. The van der Waals surface area contributed by atoms with Crippen LogP contribution in [0.3, 0.4) is 0 Å². The second-order valence-electron chi connectivity index (χ2n) is 29.1. The van der Waals surface area contributed by atoms with E-state index in [4.69, 9.17) is 133 Å². The first kappa shape index (κ1) is 105. The Balaban J connectivity index is 1.79. The van der Waals surface area contributed by atoms with Crippen molar-refractivity contribution in [3.8, 4) is 0 Å². The quantitative estimate of drug-likeness (QED) is 0.0398. The number of esters is 17. The van der Waals surface area contributed by atoms with Crippen LogP contribution < -0.4 is 16.0 Å². The minimum atomic E-state index is -2.61. The third-order valence-electron chi connectivity index (χ3n) is 18.3. The molecule has 3 amide bonds. The van der Waals surface area contributed by atoms with Crippen LogP contribution in [-0.2, 0) is 229 Å². The third kappa shape index (κ3) is 31.7. The number of hydrogen-bond donors (Lipinski definition) is 3. The highest BCUT2D eigenvalue weighted by Crippen LogP contribution is 2.42. The van der Waals surface area contributed by atoms with Crippen molar-refractivity contribution in [1.29, 1.82) is 0 Å². The van der Waals surface area contributed by atoms with Gasteiger partial charge >= 0.3 is 101 Å². The molecule has 6 rings (SSSR count). The number of rotatable bonds is 36. The van der Waals surface area contributed by atoms with Crippen molar-refractivity contribution in [2.75, 3.05) is 39.6 Å². The van der Waals surface area contributed by atoms with Gasteiger partial charge in [0.2, 0.25) is 24.0 Å². The Morgan fingerprint density at radius 2 is 0.378 bits per heavy atom. The van der Waals surface area contributed by atoms with E-state index >= 15 is 0 Å². The van der Waals surface area contributed by atoms with Gasteiger partial charge in [-0.15, -0.1) is 0 Å². The molecule has 0 aromatic rings. The first-order valence-corrected chi connectivity index (χ1v) is 39.1. The summed E-state index contributed by atoms with van der Waals surface area (Å²) in [6.45, 7) is 11.8. The number of carbonyl (C=O) groups excluding carboxylic acids is 20. The minimum Gasteiger partial charge on any atom is -0.463 e. The van der Waals surface area contributed by atoms with Gasteiger partial charge in [0.05, 0.1) is 6.61 Å². The lowest BCUT2D eigenvalue weighted by atomic mass is 9.93. The Hall–Kier alpha value is -11.0. The summed E-state index contributed by atoms with van der Waals surface area (Å²) >= 11 is 0. The number of hydrogen-bond acceptors (Lipinski definition) is 48. The molecule has 0 bridgehead atoms. The first-order chi connectivity index (χ1) is 59.4. The molecule has 6 fully saturated rings. The molecule has 127 heavy (non-hydrogen) atoms. The topological polar surface area (TPSA) is 636 Å². The van der Waals surface area contributed by atoms with Gasteiger partial charge in [0, 0.05) is 138 Å². The molecule has 0 aromatic heterocycles. The zero-order valence-corrected chi connectivity index (χ0v) is 72.7. The third-order valence-corrected chi connectivity index (χ3v) is 18.3. The van der Waals surface area contributed by atoms with Gasteiger partial charge < -0.3 is 149 Å². The van der Waals surface area contributed by atoms with Crippen LogP contribution in [0.5, 0.6) is 0 Å². The van der Waals surface area contributed by atoms with Crippen LogP contribution in [0.2, 0.25) is 0 Å². The fourth-order valence-corrected chi connectivity index (χ4v) is 14.2. The Morgan fingerprint density at radius 3 is 0.677 bits per heavy atom. The molecule has 51 heteroatoms. The van der Waals surface area contributed by atoms with Gasteiger partial charge in [-0.05, 0) is 0 Å². The van der Waals surface area contributed by atoms with E-state index in [0.29, 0.717) is 0 Å². The molecular formula is C76H105N3O48. The normalized spacial score (nSPS) is 32.6. The van der Waals surface area contributed by atoms with E-state index in [9.17, 15) is 95.9 Å². The second-order valence-corrected chi connectivity index (χ2v) is 29.1. The van der Waals surface area contributed by atoms with Crippen molar-refractivity contribution in [2.45, 2.75) is 323 Å². The van der Waals surface area contributed by atoms with Gasteiger partial charge in [-0.2, -0.15) is 0 Å². The molecule has 51 nitrogen and oxygen atoms in total. The highest BCUT2D eigenvalue weighted by molar-refractivity contribution is 5.76. The molecule has 0 saturated carbocycles. The van der Waals surface area contributed by atoms with Gasteiger partial charge in [0.25, 0.3) is 0 Å². The van der Waals surface area contributed by atoms with Crippen LogP contribution in [0.4, 0.5) is 0 Å². The predicted octanol–water partition coefficient (Wildman–Crippen LogP) is -3.97. The predicted molar refractivity (Wildman–Crippen MR) is 396 cm³/mol. The number of nitrogens with one attached hydrogen (secondary N) is 3. The lowest BCUT2D eigenvalue weighted by Crippen LogP contribution is -2.71. The second kappa shape index (κ2) is 48.2. The number of carbonyl (C=O) groups is 20. The van der Waals surface area contributed by atoms with Gasteiger partial charge in [-0.1, -0.05) is 0 Å². The van der Waals surface area contributed by atoms with Crippen LogP contribution >= 0.6 is 0 Å². The van der Waals surface area contributed by atoms with Crippen molar-refractivity contribution in [2.24, 2.45) is 0 Å². The summed E-state index contributed by atoms with van der Waals surface area (Å²) in [4.78, 5) is 266. The largest absolute Gasteiger partial charge is 0.463 e. The van der Waals surface area contributed by atoms with Crippen LogP contribution in [0, 0.1) is 0 Å². The van der Waals surface area contributed by atoms with Crippen molar-refractivity contribution in [1.82, 2.24) is 16.0 Å². The van der Waals surface area contributed by atoms with Gasteiger partial charge in [0.1, 0.15) is 100.0 Å². The van der Waals surface area contributed by atoms with E-state index in [2.05, 4.69) is 16.0 Å². The maximum atomic E-state index is 14.3. The summed E-state index contributed by atoms with van der Waals surface area (Å²) in [5.41, 5.74) is 0. The summed E-state index contributed by atoms with van der Waals surface area (Å²) in [7, 11) is 0. The van der Waals surface area contributed by atoms with Crippen molar-refractivity contribution < 1.29 is 229 Å². The van der Waals surface area contributed by atoms with E-state index in [-0.39, 0.29) is 0 Å². The van der Waals surface area contributed by atoms with Crippen LogP contribution in [0.25, 0.3) is 0 Å². The average Bonchev–Trinajstić information content (AvgIpc) is 0.754. The van der Waals surface area contributed by atoms with Gasteiger partial charge in [-0.3, -0.25) is 95.9 Å². The average molecular weight is 1830 g/mol. The van der Waals surface area contributed by atoms with Gasteiger partial charge in [0.15, 0.2) is 111 Å². The molecule has 0 unspecified atom stereocenters. The van der Waals surface area contributed by atoms with E-state index in [0.717, 1.165) is 138 Å². The summed E-state index contributed by atoms with van der Waals surface area (Å²) in [5, 5.41) is 7.40. The Labute approximate surface area is 723 Å². The van der Waals surface area contributed by atoms with Crippen LogP contribution in [0.15, 0.2) is 0 Å². The molecule has 712 valence electrons. The molecule has 0 radical (unpaired) electrons. The molecule has 6 aliphatic heterocycles. The van der Waals surface area contributed by atoms with Crippen molar-refractivity contribution in [3.05, 3.63) is 0 Å². The Bertz CT molecular complexity index is 3990. The van der Waals surface area contributed by atoms with E-state index in [1.54, 1.807) is 0 Å². The van der Waals surface area contributed by atoms with Crippen molar-refractivity contribution in [3.63, 3.8) is 0 Å². The zero-order chi connectivity index (χ0) is 95.0. The number of ether oxygens (including phenoxy) is 28. The fraction of sp³-hybridized carbons (Fsp3) is 0.737. The molecule has 6 heterocycles. The number of amides is 3.